The van der Waals surface area contributed by atoms with E-state index >= 15 is 0 Å². The first-order valence-electron chi connectivity index (χ1n) is 15.7. The van der Waals surface area contributed by atoms with Crippen LogP contribution in [0.25, 0.3) is 22.2 Å². The number of anilines is 2. The second kappa shape index (κ2) is 14.7. The fourth-order valence-electron chi connectivity index (χ4n) is 5.64. The molecule has 0 aliphatic carbocycles. The maximum absolute atomic E-state index is 14.3. The second-order valence-corrected chi connectivity index (χ2v) is 11.9. The number of rotatable bonds is 12. The van der Waals surface area contributed by atoms with Gasteiger partial charge in [0.05, 0.1) is 0 Å². The van der Waals surface area contributed by atoms with Crippen LogP contribution < -0.4 is 20.9 Å². The fourth-order valence-corrected chi connectivity index (χ4v) is 5.64. The van der Waals surface area contributed by atoms with Crippen LogP contribution in [0.1, 0.15) is 69.1 Å². The van der Waals surface area contributed by atoms with Crippen molar-refractivity contribution in [2.45, 2.75) is 65.5 Å². The minimum absolute atomic E-state index is 0.175. The average molecular weight is 616 g/mol. The fraction of sp³-hybridized carbons (Fsp3) is 0.263. The molecule has 0 aliphatic heterocycles. The van der Waals surface area contributed by atoms with Gasteiger partial charge in [0.2, 0.25) is 0 Å². The molecule has 0 aliphatic rings. The molecule has 3 aromatic heterocycles. The van der Waals surface area contributed by atoms with Crippen molar-refractivity contribution in [3.05, 3.63) is 125 Å². The number of pyridine rings is 3. The molecular weight excluding hydrogens is 574 g/mol. The topological polar surface area (TPSA) is 98.1 Å². The van der Waals surface area contributed by atoms with Crippen LogP contribution in [-0.4, -0.2) is 20.6 Å². The van der Waals surface area contributed by atoms with Crippen molar-refractivity contribution in [2.75, 3.05) is 10.6 Å². The lowest BCUT2D eigenvalue weighted by Gasteiger charge is -2.22. The molecule has 46 heavy (non-hydrogen) atoms. The van der Waals surface area contributed by atoms with E-state index in [2.05, 4.69) is 54.9 Å². The number of aryl methyl sites for hydroxylation is 1. The molecule has 2 amide bonds. The van der Waals surface area contributed by atoms with Crippen molar-refractivity contribution in [3.8, 4) is 16.9 Å². The number of unbranched alkanes of at least 4 members (excludes halogenated alkanes) is 1. The Morgan fingerprint density at radius 2 is 1.65 bits per heavy atom. The molecule has 0 saturated carbocycles. The Bertz CT molecular complexity index is 1870. The van der Waals surface area contributed by atoms with Crippen molar-refractivity contribution < 1.29 is 9.53 Å². The highest BCUT2D eigenvalue weighted by atomic mass is 16.5. The number of benzene rings is 2. The Morgan fingerprint density at radius 1 is 0.935 bits per heavy atom. The monoisotopic (exact) mass is 615 g/mol. The van der Waals surface area contributed by atoms with Crippen LogP contribution in [0.3, 0.4) is 0 Å². The summed E-state index contributed by atoms with van der Waals surface area (Å²) in [5, 5.41) is 6.83. The lowest BCUT2D eigenvalue weighted by atomic mass is 9.93. The van der Waals surface area contributed by atoms with Gasteiger partial charge in [-0.1, -0.05) is 70.2 Å². The number of carbonyl (C=O) groups is 1. The van der Waals surface area contributed by atoms with Gasteiger partial charge in [-0.15, -0.1) is 6.58 Å². The number of para-hydroxylation sites is 1. The van der Waals surface area contributed by atoms with E-state index in [0.717, 1.165) is 39.7 Å². The molecule has 5 aromatic rings. The van der Waals surface area contributed by atoms with E-state index in [1.807, 2.05) is 72.8 Å². The number of ether oxygens (including phenoxy) is 1. The van der Waals surface area contributed by atoms with Crippen molar-refractivity contribution >= 4 is 28.4 Å². The number of urea groups is 1. The van der Waals surface area contributed by atoms with Crippen molar-refractivity contribution in [2.24, 2.45) is 0 Å². The summed E-state index contributed by atoms with van der Waals surface area (Å²) >= 11 is 0. The van der Waals surface area contributed by atoms with Crippen LogP contribution in [0, 0.1) is 0 Å². The van der Waals surface area contributed by atoms with Gasteiger partial charge in [0.25, 0.3) is 5.56 Å². The smallest absolute Gasteiger partial charge is 0.323 e. The van der Waals surface area contributed by atoms with E-state index in [4.69, 9.17) is 4.74 Å². The van der Waals surface area contributed by atoms with Crippen molar-refractivity contribution in [1.82, 2.24) is 14.5 Å². The standard InChI is InChI=1S/C38H41N5O3/c1-6-7-8-21-43-36-32(18-12-20-40-36)33(28-14-9-15-29(22-28)46-24-27-13-11-19-39-23-27)35(37(43)44)42-38(45)41-34-30(25(2)3)16-10-17-31(34)26(4)5/h6,9-20,22-23,25-26H,1,7-8,21,24H2,2-5H3,(H2,41,42,45). The second-order valence-electron chi connectivity index (χ2n) is 11.9. The van der Waals surface area contributed by atoms with Gasteiger partial charge in [0.1, 0.15) is 23.7 Å². The molecule has 0 spiro atoms. The number of fused-ring (bicyclic) bond motifs is 1. The number of amides is 2. The van der Waals surface area contributed by atoms with E-state index in [0.29, 0.717) is 36.5 Å². The first kappa shape index (κ1) is 32.2. The van der Waals surface area contributed by atoms with Gasteiger partial charge >= 0.3 is 6.03 Å². The normalized spacial score (nSPS) is 11.2. The number of allylic oxidation sites excluding steroid dienone is 1. The van der Waals surface area contributed by atoms with Crippen molar-refractivity contribution in [1.29, 1.82) is 0 Å². The minimum Gasteiger partial charge on any atom is -0.489 e. The van der Waals surface area contributed by atoms with Gasteiger partial charge < -0.3 is 15.4 Å². The average Bonchev–Trinajstić information content (AvgIpc) is 3.06. The molecule has 3 heterocycles. The van der Waals surface area contributed by atoms with E-state index < -0.39 is 6.03 Å². The lowest BCUT2D eigenvalue weighted by Crippen LogP contribution is -2.30. The number of aromatic nitrogens is 3. The van der Waals surface area contributed by atoms with Gasteiger partial charge in [-0.05, 0) is 71.7 Å². The van der Waals surface area contributed by atoms with Crippen LogP contribution in [-0.2, 0) is 13.2 Å². The summed E-state index contributed by atoms with van der Waals surface area (Å²) in [6, 6.07) is 20.7. The molecule has 0 unspecified atom stereocenters. The van der Waals surface area contributed by atoms with Gasteiger partial charge in [0.15, 0.2) is 0 Å². The Morgan fingerprint density at radius 3 is 2.35 bits per heavy atom. The minimum atomic E-state index is -0.488. The van der Waals surface area contributed by atoms with E-state index in [1.54, 1.807) is 23.2 Å². The Kier molecular flexibility index (Phi) is 10.3. The predicted molar refractivity (Wildman–Crippen MR) is 187 cm³/mol. The molecule has 236 valence electrons. The molecule has 2 N–H and O–H groups in total. The zero-order chi connectivity index (χ0) is 32.6. The first-order valence-corrected chi connectivity index (χ1v) is 15.7. The Balaban J connectivity index is 1.61. The summed E-state index contributed by atoms with van der Waals surface area (Å²) in [5.41, 5.74) is 5.46. The van der Waals surface area contributed by atoms with E-state index in [-0.39, 0.29) is 23.1 Å². The van der Waals surface area contributed by atoms with Crippen LogP contribution >= 0.6 is 0 Å². The van der Waals surface area contributed by atoms with E-state index in [9.17, 15) is 9.59 Å². The molecule has 0 radical (unpaired) electrons. The number of nitrogens with zero attached hydrogens (tertiary/aromatic N) is 3. The number of hydrogen-bond donors (Lipinski definition) is 2. The van der Waals surface area contributed by atoms with Crippen LogP contribution in [0.2, 0.25) is 0 Å². The third-order valence-electron chi connectivity index (χ3n) is 7.91. The van der Waals surface area contributed by atoms with Gasteiger partial charge in [0, 0.05) is 47.3 Å². The van der Waals surface area contributed by atoms with Crippen LogP contribution in [0.5, 0.6) is 5.75 Å². The molecule has 0 fully saturated rings. The Hall–Kier alpha value is -5.24. The van der Waals surface area contributed by atoms with Crippen LogP contribution in [0.4, 0.5) is 16.2 Å². The molecular formula is C38H41N5O3. The highest BCUT2D eigenvalue weighted by molar-refractivity contribution is 6.07. The third-order valence-corrected chi connectivity index (χ3v) is 7.91. The zero-order valence-electron chi connectivity index (χ0n) is 26.9. The molecule has 2 aromatic carbocycles. The zero-order valence-corrected chi connectivity index (χ0v) is 26.9. The quantitative estimate of drug-likeness (QED) is 0.108. The molecule has 0 atom stereocenters. The molecule has 5 rings (SSSR count). The summed E-state index contributed by atoms with van der Waals surface area (Å²) in [6.07, 6.45) is 8.44. The molecule has 8 heteroatoms. The molecule has 0 bridgehead atoms. The number of nitrogens with one attached hydrogen (secondary N) is 2. The third kappa shape index (κ3) is 7.18. The summed E-state index contributed by atoms with van der Waals surface area (Å²) in [5.74, 6) is 0.997. The van der Waals surface area contributed by atoms with Gasteiger partial charge in [-0.25, -0.2) is 9.78 Å². The predicted octanol–water partition coefficient (Wildman–Crippen LogP) is 8.89. The maximum atomic E-state index is 14.3. The van der Waals surface area contributed by atoms with E-state index in [1.165, 1.54) is 0 Å². The summed E-state index contributed by atoms with van der Waals surface area (Å²) < 4.78 is 7.75. The van der Waals surface area contributed by atoms with Gasteiger partial charge in [-0.3, -0.25) is 14.3 Å². The highest BCUT2D eigenvalue weighted by Crippen LogP contribution is 2.36. The number of carbonyl (C=O) groups excluding carboxylic acids is 1. The summed E-state index contributed by atoms with van der Waals surface area (Å²) in [6.45, 7) is 13.0. The summed E-state index contributed by atoms with van der Waals surface area (Å²) in [7, 11) is 0. The lowest BCUT2D eigenvalue weighted by molar-refractivity contribution is 0.262. The van der Waals surface area contributed by atoms with Crippen molar-refractivity contribution in [3.63, 3.8) is 0 Å². The summed E-state index contributed by atoms with van der Waals surface area (Å²) in [4.78, 5) is 37.0. The maximum Gasteiger partial charge on any atom is 0.323 e. The number of hydrogen-bond acceptors (Lipinski definition) is 5. The van der Waals surface area contributed by atoms with Gasteiger partial charge in [-0.2, -0.15) is 0 Å². The highest BCUT2D eigenvalue weighted by Gasteiger charge is 2.23. The SMILES string of the molecule is C=CCCCn1c(=O)c(NC(=O)Nc2c(C(C)C)cccc2C(C)C)c(-c2cccc(OCc3cccnc3)c2)c2cccnc21. The molecule has 8 nitrogen and oxygen atoms in total. The molecule has 0 saturated heterocycles. The Labute approximate surface area is 270 Å². The first-order chi connectivity index (χ1) is 22.3. The largest absolute Gasteiger partial charge is 0.489 e. The van der Waals surface area contributed by atoms with Crippen LogP contribution in [0.15, 0.2) is 103 Å².